The maximum absolute atomic E-state index is 8.19. The van der Waals surface area contributed by atoms with Crippen LogP contribution in [0.25, 0.3) is 94.5 Å². The maximum atomic E-state index is 8.19. The second-order valence-corrected chi connectivity index (χ2v) is 24.0. The van der Waals surface area contributed by atoms with Gasteiger partial charge < -0.3 is 14.0 Å². The number of nitrogens with zero attached hydrogens (tertiary/aromatic N) is 5. The number of benzene rings is 7. The van der Waals surface area contributed by atoms with Crippen molar-refractivity contribution >= 4 is 57.1 Å². The molecule has 0 unspecified atom stereocenters. The van der Waals surface area contributed by atoms with Gasteiger partial charge in [0, 0.05) is 56.7 Å². The largest absolute Gasteiger partial charge is 0.498 e. The zero-order chi connectivity index (χ0) is 52.3. The van der Waals surface area contributed by atoms with E-state index in [1.54, 1.807) is 12.1 Å². The van der Waals surface area contributed by atoms with E-state index in [-0.39, 0.29) is 54.1 Å². The van der Waals surface area contributed by atoms with Gasteiger partial charge in [0.05, 0.1) is 30.5 Å². The van der Waals surface area contributed by atoms with Gasteiger partial charge in [-0.1, -0.05) is 149 Å². The van der Waals surface area contributed by atoms with Gasteiger partial charge in [-0.2, -0.15) is 0 Å². The minimum Gasteiger partial charge on any atom is -0.498 e. The van der Waals surface area contributed by atoms with Crippen LogP contribution >= 0.6 is 0 Å². The predicted octanol–water partition coefficient (Wildman–Crippen LogP) is 15.6. The smallest absolute Gasteiger partial charge is 0.147 e. The minimum absolute atomic E-state index is 0. The van der Waals surface area contributed by atoms with E-state index in [4.69, 9.17) is 17.6 Å². The number of furan rings is 1. The molecule has 0 fully saturated rings. The van der Waals surface area contributed by atoms with Gasteiger partial charge in [0.2, 0.25) is 0 Å². The topological polar surface area (TPSA) is 69.6 Å². The number of aromatic nitrogens is 5. The normalized spacial score (nSPS) is 13.3. The van der Waals surface area contributed by atoms with Gasteiger partial charge in [0.25, 0.3) is 0 Å². The quantitative estimate of drug-likeness (QED) is 0.112. The molecule has 345 valence electrons. The van der Waals surface area contributed by atoms with Gasteiger partial charge in [0.1, 0.15) is 16.9 Å². The van der Waals surface area contributed by atoms with Crippen LogP contribution in [-0.2, 0) is 20.1 Å². The minimum atomic E-state index is -2.74. The number of hydrogen-bond donors (Lipinski definition) is 0. The summed E-state index contributed by atoms with van der Waals surface area (Å²) in [6.45, 7) is 10.4. The summed E-state index contributed by atoms with van der Waals surface area (Å²) >= 11 is 0. The Kier molecular flexibility index (Phi) is 11.2. The van der Waals surface area contributed by atoms with Crippen LogP contribution in [0.4, 0.5) is 0 Å². The van der Waals surface area contributed by atoms with Crippen molar-refractivity contribution in [3.05, 3.63) is 193 Å². The number of hydrogen-bond acceptors (Lipinski definition) is 5. The molecule has 4 heterocycles. The van der Waals surface area contributed by atoms with Gasteiger partial charge in [-0.15, -0.1) is 54.1 Å². The fraction of sp³-hybridized carbons (Fsp3) is 0.180. The number of rotatable bonds is 8. The van der Waals surface area contributed by atoms with Crippen molar-refractivity contribution in [2.45, 2.75) is 72.9 Å². The first kappa shape index (κ1) is 40.1. The molecule has 4 aromatic heterocycles. The number of fused-ring (bicyclic) bond motifs is 6. The van der Waals surface area contributed by atoms with Crippen LogP contribution in [-0.4, -0.2) is 32.6 Å². The number of aryl methyl sites for hydroxylation is 2. The first-order chi connectivity index (χ1) is 35.3. The third-order valence-corrected chi connectivity index (χ3v) is 14.7. The summed E-state index contributed by atoms with van der Waals surface area (Å²) in [6, 6.07) is 57.8. The molecule has 0 spiro atoms. The van der Waals surface area contributed by atoms with Gasteiger partial charge in [-0.25, -0.2) is 9.97 Å². The molecule has 1 radical (unpaired) electrons. The fourth-order valence-electron chi connectivity index (χ4n) is 9.00. The summed E-state index contributed by atoms with van der Waals surface area (Å²) in [5, 5.41) is 2.99. The van der Waals surface area contributed by atoms with Crippen molar-refractivity contribution in [3.63, 3.8) is 0 Å². The average molecular weight is 1100 g/mol. The van der Waals surface area contributed by atoms with Crippen LogP contribution in [0.5, 0.6) is 0 Å². The van der Waals surface area contributed by atoms with Crippen LogP contribution < -0.4 is 5.19 Å². The molecule has 8 heteroatoms. The molecule has 0 amide bonds. The van der Waals surface area contributed by atoms with Crippen molar-refractivity contribution in [1.29, 1.82) is 0 Å². The Bertz CT molecular complexity index is 3820. The Morgan fingerprint density at radius 2 is 1.28 bits per heavy atom. The molecular formula is C61H55IrN5OSi-2. The molecule has 0 atom stereocenters. The first-order valence-electron chi connectivity index (χ1n) is 26.1. The molecule has 0 N–H and O–H groups in total. The number of imidazole rings is 1. The van der Waals surface area contributed by atoms with Crippen molar-refractivity contribution in [2.24, 2.45) is 0 Å². The van der Waals surface area contributed by atoms with Crippen molar-refractivity contribution in [3.8, 4) is 50.6 Å². The van der Waals surface area contributed by atoms with Crippen molar-refractivity contribution in [1.82, 2.24) is 24.5 Å². The molecule has 69 heavy (non-hydrogen) atoms. The summed E-state index contributed by atoms with van der Waals surface area (Å²) in [6.07, 6.45) is 2.02. The van der Waals surface area contributed by atoms with E-state index < -0.39 is 27.6 Å². The van der Waals surface area contributed by atoms with E-state index in [2.05, 4.69) is 158 Å². The van der Waals surface area contributed by atoms with E-state index >= 15 is 0 Å². The molecule has 0 saturated carbocycles. The molecule has 6 nitrogen and oxygen atoms in total. The fourth-order valence-corrected chi connectivity index (χ4v) is 10.0. The number of para-hydroxylation sites is 2. The summed E-state index contributed by atoms with van der Waals surface area (Å²) < 4.78 is 57.6. The van der Waals surface area contributed by atoms with E-state index in [0.717, 1.165) is 61.2 Å². The summed E-state index contributed by atoms with van der Waals surface area (Å²) in [7, 11) is -1.23. The molecule has 0 aliphatic heterocycles. The number of pyridine rings is 1. The van der Waals surface area contributed by atoms with Crippen LogP contribution in [0.3, 0.4) is 0 Å². The van der Waals surface area contributed by atoms with Crippen LogP contribution in [0.2, 0.25) is 19.6 Å². The Hall–Kier alpha value is -6.83. The zero-order valence-corrected chi connectivity index (χ0v) is 43.0. The van der Waals surface area contributed by atoms with Gasteiger partial charge in [0.15, 0.2) is 0 Å². The zero-order valence-electron chi connectivity index (χ0n) is 45.6. The van der Waals surface area contributed by atoms with Crippen molar-refractivity contribution < 1.29 is 32.7 Å². The van der Waals surface area contributed by atoms with E-state index in [1.807, 2.05) is 66.9 Å². The monoisotopic (exact) mass is 1100 g/mol. The SMILES string of the molecule is C[Si](C)(C)c1ccc(-c2[c-]cccc2)nc1.[2H]C([2H])([2H])c1nc(C([2H])([2H])[2H])c2ccc3c4cc[c-]c(-c5nc6ccccc6n5-c5c(C(C)C)cc(-c6ccc(-c7ccccc7)cc6)cc5C(C)C)c4oc3c2n1.[Ir]. The predicted molar refractivity (Wildman–Crippen MR) is 286 cm³/mol. The molecule has 0 bridgehead atoms. The molecular weight excluding hydrogens is 1040 g/mol. The maximum Gasteiger partial charge on any atom is 0.147 e. The Morgan fingerprint density at radius 3 is 1.93 bits per heavy atom. The van der Waals surface area contributed by atoms with Gasteiger partial charge >= 0.3 is 0 Å². The van der Waals surface area contributed by atoms with E-state index in [9.17, 15) is 0 Å². The van der Waals surface area contributed by atoms with Crippen LogP contribution in [0.1, 0.15) is 70.4 Å². The van der Waals surface area contributed by atoms with Gasteiger partial charge in [-0.3, -0.25) is 4.98 Å². The van der Waals surface area contributed by atoms with Crippen molar-refractivity contribution in [2.75, 3.05) is 0 Å². The molecule has 0 aliphatic rings. The summed E-state index contributed by atoms with van der Waals surface area (Å²) in [4.78, 5) is 18.2. The molecule has 11 aromatic rings. The van der Waals surface area contributed by atoms with E-state index in [0.29, 0.717) is 22.4 Å². The molecule has 0 aliphatic carbocycles. The molecule has 11 rings (SSSR count). The first-order valence-corrected chi connectivity index (χ1v) is 26.6. The van der Waals surface area contributed by atoms with Crippen LogP contribution in [0.15, 0.2) is 162 Å². The Labute approximate surface area is 428 Å². The standard InChI is InChI=1S/C47H39N4O.C14H16NSi.Ir/c1-27(2)39-25-34(33-21-19-32(20-22-33)31-13-8-7-9-14-31)26-40(28(3)4)44(39)51-42-18-11-10-17-41(42)50-47(51)38-16-12-15-36-37-24-23-35-29(5)48-30(6)49-43(35)46(37)52-45(36)38;1-16(2,3)13-9-10-14(15-11-13)12-7-5-4-6-8-12;/h7-15,17-28H,1-6H3;4-7,9-11H,1-3H3;/q2*-1;/i5D3,6D3;;. The Morgan fingerprint density at radius 1 is 0.609 bits per heavy atom. The second-order valence-electron chi connectivity index (χ2n) is 18.9. The third kappa shape index (κ3) is 9.13. The summed E-state index contributed by atoms with van der Waals surface area (Å²) in [5.74, 6) is 0.356. The summed E-state index contributed by atoms with van der Waals surface area (Å²) in [5.41, 5.74) is 12.9. The van der Waals surface area contributed by atoms with Gasteiger partial charge in [-0.05, 0) is 94.1 Å². The molecule has 0 saturated heterocycles. The third-order valence-electron chi connectivity index (χ3n) is 12.6. The second kappa shape index (κ2) is 19.3. The van der Waals surface area contributed by atoms with Crippen LogP contribution in [0, 0.1) is 25.8 Å². The van der Waals surface area contributed by atoms with E-state index in [1.165, 1.54) is 10.8 Å². The molecule has 7 aromatic carbocycles. The average Bonchev–Trinajstić information content (AvgIpc) is 3.98. The Balaban J connectivity index is 0.000000346.